The van der Waals surface area contributed by atoms with Gasteiger partial charge >= 0.3 is 0 Å². The molecule has 0 saturated heterocycles. The first-order valence-corrected chi connectivity index (χ1v) is 4.96. The summed E-state index contributed by atoms with van der Waals surface area (Å²) in [5, 5.41) is 7.83. The molecule has 2 aromatic rings. The van der Waals surface area contributed by atoms with Crippen LogP contribution < -0.4 is 0 Å². The maximum absolute atomic E-state index is 4.27. The van der Waals surface area contributed by atoms with E-state index < -0.39 is 0 Å². The molecular weight excluding hydrogens is 232 g/mol. The van der Waals surface area contributed by atoms with Gasteiger partial charge in [-0.25, -0.2) is 0 Å². The summed E-state index contributed by atoms with van der Waals surface area (Å²) in [6, 6.07) is 0. The van der Waals surface area contributed by atoms with Crippen molar-refractivity contribution in [3.63, 3.8) is 0 Å². The van der Waals surface area contributed by atoms with Crippen molar-refractivity contribution in [2.45, 2.75) is 18.2 Å². The van der Waals surface area contributed by atoms with E-state index in [2.05, 4.69) is 38.0 Å². The van der Waals surface area contributed by atoms with E-state index >= 15 is 0 Å². The van der Waals surface area contributed by atoms with Gasteiger partial charge < -0.3 is 0 Å². The normalized spacial score (nSPS) is 13.4. The molecule has 0 aliphatic rings. The lowest BCUT2D eigenvalue weighted by Gasteiger charge is -2.02. The Labute approximate surface area is 84.1 Å². The number of alkyl halides is 1. The quantitative estimate of drug-likeness (QED) is 0.747. The topological polar surface area (TPSA) is 43.1 Å². The van der Waals surface area contributed by atoms with Crippen LogP contribution in [-0.4, -0.2) is 24.4 Å². The molecule has 0 fully saturated rings. The summed E-state index contributed by atoms with van der Waals surface area (Å²) in [6.45, 7) is 2.08. The second-order valence-electron chi connectivity index (χ2n) is 2.92. The average Bonchev–Trinajstić information content (AvgIpc) is 2.51. The van der Waals surface area contributed by atoms with Crippen LogP contribution in [0.5, 0.6) is 0 Å². The summed E-state index contributed by atoms with van der Waals surface area (Å²) in [5.41, 5.74) is 1.82. The first-order valence-electron chi connectivity index (χ1n) is 4.04. The Bertz CT molecular complexity index is 409. The summed E-state index contributed by atoms with van der Waals surface area (Å²) in [5.74, 6) is 0. The van der Waals surface area contributed by atoms with Gasteiger partial charge in [0, 0.05) is 23.6 Å². The Balaban J connectivity index is 2.48. The van der Waals surface area contributed by atoms with E-state index in [9.17, 15) is 0 Å². The molecule has 0 N–H and O–H groups in total. The molecule has 2 heterocycles. The molecule has 0 spiro atoms. The first-order chi connectivity index (χ1) is 6.27. The van der Waals surface area contributed by atoms with Crippen molar-refractivity contribution < 1.29 is 0 Å². The van der Waals surface area contributed by atoms with Gasteiger partial charge in [-0.3, -0.25) is 9.38 Å². The van der Waals surface area contributed by atoms with E-state index in [1.165, 1.54) is 0 Å². The second kappa shape index (κ2) is 3.41. The van der Waals surface area contributed by atoms with Crippen LogP contribution in [0.4, 0.5) is 0 Å². The highest BCUT2D eigenvalue weighted by Crippen LogP contribution is 2.10. The van der Waals surface area contributed by atoms with Crippen molar-refractivity contribution in [2.24, 2.45) is 0 Å². The van der Waals surface area contributed by atoms with Crippen LogP contribution in [0.25, 0.3) is 5.65 Å². The van der Waals surface area contributed by atoms with Crippen molar-refractivity contribution in [1.82, 2.24) is 19.6 Å². The zero-order valence-electron chi connectivity index (χ0n) is 7.18. The Kier molecular flexibility index (Phi) is 2.26. The monoisotopic (exact) mass is 240 g/mol. The SMILES string of the molecule is CC(Br)Cc1nccn2cnnc12. The van der Waals surface area contributed by atoms with Crippen molar-refractivity contribution in [3.05, 3.63) is 24.4 Å². The number of fused-ring (bicyclic) bond motifs is 1. The molecule has 1 atom stereocenters. The maximum atomic E-state index is 4.27. The molecule has 0 aromatic carbocycles. The number of rotatable bonds is 2. The molecule has 0 saturated carbocycles. The Hall–Kier alpha value is -0.970. The third kappa shape index (κ3) is 1.70. The van der Waals surface area contributed by atoms with Gasteiger partial charge in [-0.2, -0.15) is 0 Å². The minimum absolute atomic E-state index is 0.405. The number of hydrogen-bond acceptors (Lipinski definition) is 3. The van der Waals surface area contributed by atoms with Gasteiger partial charge in [-0.15, -0.1) is 10.2 Å². The van der Waals surface area contributed by atoms with Gasteiger partial charge in [0.05, 0.1) is 5.69 Å². The van der Waals surface area contributed by atoms with Crippen molar-refractivity contribution >= 4 is 21.6 Å². The summed E-state index contributed by atoms with van der Waals surface area (Å²) in [4.78, 5) is 4.67. The fourth-order valence-corrected chi connectivity index (χ4v) is 1.53. The predicted molar refractivity (Wildman–Crippen MR) is 52.9 cm³/mol. The van der Waals surface area contributed by atoms with Crippen LogP contribution in [0.2, 0.25) is 0 Å². The van der Waals surface area contributed by atoms with Gasteiger partial charge in [-0.05, 0) is 0 Å². The number of aromatic nitrogens is 4. The largest absolute Gasteiger partial charge is 0.286 e. The number of halogens is 1. The van der Waals surface area contributed by atoms with E-state index in [1.54, 1.807) is 12.5 Å². The molecule has 0 radical (unpaired) electrons. The van der Waals surface area contributed by atoms with Crippen LogP contribution in [0.1, 0.15) is 12.6 Å². The Morgan fingerprint density at radius 2 is 2.46 bits per heavy atom. The highest BCUT2D eigenvalue weighted by molar-refractivity contribution is 9.09. The summed E-state index contributed by atoms with van der Waals surface area (Å²) in [6.07, 6.45) is 6.15. The lowest BCUT2D eigenvalue weighted by atomic mass is 10.2. The third-order valence-electron chi connectivity index (χ3n) is 1.76. The molecule has 0 aliphatic heterocycles. The number of nitrogens with zero attached hydrogens (tertiary/aromatic N) is 4. The fourth-order valence-electron chi connectivity index (χ4n) is 1.22. The standard InChI is InChI=1S/C8H9BrN4/c1-6(9)4-7-8-12-11-5-13(8)3-2-10-7/h2-3,5-6H,4H2,1H3. The fraction of sp³-hybridized carbons (Fsp3) is 0.375. The van der Waals surface area contributed by atoms with Gasteiger partial charge in [0.1, 0.15) is 6.33 Å². The zero-order valence-corrected chi connectivity index (χ0v) is 8.77. The lowest BCUT2D eigenvalue weighted by Crippen LogP contribution is -2.02. The van der Waals surface area contributed by atoms with Crippen molar-refractivity contribution in [2.75, 3.05) is 0 Å². The van der Waals surface area contributed by atoms with Crippen molar-refractivity contribution in [3.8, 4) is 0 Å². The molecule has 13 heavy (non-hydrogen) atoms. The van der Waals surface area contributed by atoms with E-state index in [-0.39, 0.29) is 0 Å². The zero-order chi connectivity index (χ0) is 9.26. The molecule has 5 heteroatoms. The third-order valence-corrected chi connectivity index (χ3v) is 2.09. The molecular formula is C8H9BrN4. The lowest BCUT2D eigenvalue weighted by molar-refractivity contribution is 0.901. The van der Waals surface area contributed by atoms with Crippen LogP contribution in [0, 0.1) is 0 Å². The minimum Gasteiger partial charge on any atom is -0.286 e. The minimum atomic E-state index is 0.405. The number of hydrogen-bond donors (Lipinski definition) is 0. The average molecular weight is 241 g/mol. The van der Waals surface area contributed by atoms with E-state index in [1.807, 2.05) is 10.6 Å². The molecule has 1 unspecified atom stereocenters. The van der Waals surface area contributed by atoms with Gasteiger partial charge in [0.2, 0.25) is 0 Å². The van der Waals surface area contributed by atoms with Gasteiger partial charge in [0.25, 0.3) is 0 Å². The van der Waals surface area contributed by atoms with Crippen molar-refractivity contribution in [1.29, 1.82) is 0 Å². The van der Waals surface area contributed by atoms with Gasteiger partial charge in [-0.1, -0.05) is 22.9 Å². The molecule has 0 bridgehead atoms. The van der Waals surface area contributed by atoms with E-state index in [0.29, 0.717) is 4.83 Å². The van der Waals surface area contributed by atoms with Crippen LogP contribution in [0.3, 0.4) is 0 Å². The predicted octanol–water partition coefficient (Wildman–Crippen LogP) is 1.45. The Morgan fingerprint density at radius 3 is 3.23 bits per heavy atom. The molecule has 4 nitrogen and oxygen atoms in total. The first kappa shape index (κ1) is 8.62. The highest BCUT2D eigenvalue weighted by Gasteiger charge is 2.06. The highest BCUT2D eigenvalue weighted by atomic mass is 79.9. The van der Waals surface area contributed by atoms with Crippen LogP contribution >= 0.6 is 15.9 Å². The molecule has 2 rings (SSSR count). The van der Waals surface area contributed by atoms with E-state index in [4.69, 9.17) is 0 Å². The van der Waals surface area contributed by atoms with Crippen LogP contribution in [0.15, 0.2) is 18.7 Å². The molecule has 2 aromatic heterocycles. The smallest absolute Gasteiger partial charge is 0.182 e. The summed E-state index contributed by atoms with van der Waals surface area (Å²) in [7, 11) is 0. The second-order valence-corrected chi connectivity index (χ2v) is 4.48. The van der Waals surface area contributed by atoms with Gasteiger partial charge in [0.15, 0.2) is 5.65 Å². The summed E-state index contributed by atoms with van der Waals surface area (Å²) >= 11 is 3.49. The molecule has 68 valence electrons. The summed E-state index contributed by atoms with van der Waals surface area (Å²) < 4.78 is 1.87. The molecule has 0 amide bonds. The van der Waals surface area contributed by atoms with Crippen LogP contribution in [-0.2, 0) is 6.42 Å². The van der Waals surface area contributed by atoms with E-state index in [0.717, 1.165) is 17.8 Å². The molecule has 0 aliphatic carbocycles. The maximum Gasteiger partial charge on any atom is 0.182 e. The Morgan fingerprint density at radius 1 is 1.62 bits per heavy atom.